The number of methoxy groups -OCH3 is 1. The Morgan fingerprint density at radius 1 is 1.06 bits per heavy atom. The topological polar surface area (TPSA) is 99.3 Å². The lowest BCUT2D eigenvalue weighted by atomic mass is 10.1. The highest BCUT2D eigenvalue weighted by molar-refractivity contribution is 7.90. The summed E-state index contributed by atoms with van der Waals surface area (Å²) in [5.74, 6) is -0.849. The molecule has 0 bridgehead atoms. The molecule has 0 aliphatic carbocycles. The van der Waals surface area contributed by atoms with Crippen molar-refractivity contribution in [2.75, 3.05) is 39.1 Å². The number of halogens is 1. The molecule has 11 heteroatoms. The number of carbonyl (C=O) groups is 2. The van der Waals surface area contributed by atoms with E-state index >= 15 is 0 Å². The molecule has 2 amide bonds. The van der Waals surface area contributed by atoms with Crippen molar-refractivity contribution < 1.29 is 27.1 Å². The highest BCUT2D eigenvalue weighted by Crippen LogP contribution is 2.22. The van der Waals surface area contributed by atoms with Crippen LogP contribution in [0.15, 0.2) is 48.5 Å². The van der Waals surface area contributed by atoms with E-state index in [0.717, 1.165) is 26.3 Å². The first-order chi connectivity index (χ1) is 16.0. The number of amides is 2. The molecule has 1 atom stereocenters. The van der Waals surface area contributed by atoms with Gasteiger partial charge in [-0.3, -0.25) is 9.59 Å². The summed E-state index contributed by atoms with van der Waals surface area (Å²) in [6.45, 7) is 1.27. The van der Waals surface area contributed by atoms with Gasteiger partial charge in [-0.05, 0) is 48.4 Å². The average Bonchev–Trinajstić information content (AvgIpc) is 2.82. The summed E-state index contributed by atoms with van der Waals surface area (Å²) in [7, 11) is 1.60. The molecular weight excluding hydrogens is 463 g/mol. The van der Waals surface area contributed by atoms with Crippen LogP contribution in [0.25, 0.3) is 0 Å². The predicted molar refractivity (Wildman–Crippen MR) is 128 cm³/mol. The second-order valence-corrected chi connectivity index (χ2v) is 9.75. The normalized spacial score (nSPS) is 12.2. The molecule has 0 aliphatic rings. The van der Waals surface area contributed by atoms with Gasteiger partial charge in [0, 0.05) is 27.7 Å². The number of ether oxygens (including phenoxy) is 1. The third-order valence-corrected chi connectivity index (χ3v) is 7.10. The van der Waals surface area contributed by atoms with Gasteiger partial charge in [0.05, 0.1) is 12.8 Å². The molecule has 2 aromatic carbocycles. The molecule has 1 N–H and O–H groups in total. The highest BCUT2D eigenvalue weighted by Gasteiger charge is 2.33. The SMILES string of the molecule is CCC(C(=O)NC)N(Cc1ccc(OC)cc1)C(=O)CN(c1ccc(F)cc1)S(=O)(=O)N(C)C. The number of likely N-dealkylation sites (N-methyl/N-ethyl adjacent to an activating group) is 1. The van der Waals surface area contributed by atoms with E-state index in [1.807, 2.05) is 0 Å². The third-order valence-electron chi connectivity index (χ3n) is 5.28. The van der Waals surface area contributed by atoms with Gasteiger partial charge >= 0.3 is 10.2 Å². The molecular formula is C23H31FN4O5S. The smallest absolute Gasteiger partial charge is 0.304 e. The molecule has 34 heavy (non-hydrogen) atoms. The number of nitrogens with one attached hydrogen (secondary N) is 1. The van der Waals surface area contributed by atoms with Crippen LogP contribution in [0.5, 0.6) is 5.75 Å². The molecule has 0 saturated heterocycles. The second-order valence-electron chi connectivity index (χ2n) is 7.68. The van der Waals surface area contributed by atoms with Gasteiger partial charge in [0.2, 0.25) is 11.8 Å². The molecule has 186 valence electrons. The first-order valence-electron chi connectivity index (χ1n) is 10.6. The summed E-state index contributed by atoms with van der Waals surface area (Å²) in [6.07, 6.45) is 0.318. The molecule has 0 saturated carbocycles. The fraction of sp³-hybridized carbons (Fsp3) is 0.391. The molecule has 0 spiro atoms. The summed E-state index contributed by atoms with van der Waals surface area (Å²) in [5.41, 5.74) is 0.862. The van der Waals surface area contributed by atoms with E-state index < -0.39 is 34.5 Å². The number of anilines is 1. The maximum absolute atomic E-state index is 13.5. The Labute approximate surface area is 200 Å². The predicted octanol–water partition coefficient (Wildman–Crippen LogP) is 2.00. The van der Waals surface area contributed by atoms with Gasteiger partial charge in [-0.1, -0.05) is 19.1 Å². The van der Waals surface area contributed by atoms with Crippen molar-refractivity contribution >= 4 is 27.7 Å². The van der Waals surface area contributed by atoms with Gasteiger partial charge in [-0.2, -0.15) is 12.7 Å². The zero-order chi connectivity index (χ0) is 25.5. The number of hydrogen-bond donors (Lipinski definition) is 1. The lowest BCUT2D eigenvalue weighted by Crippen LogP contribution is -2.52. The lowest BCUT2D eigenvalue weighted by molar-refractivity contribution is -0.140. The fourth-order valence-corrected chi connectivity index (χ4v) is 4.39. The monoisotopic (exact) mass is 494 g/mol. The van der Waals surface area contributed by atoms with Crippen LogP contribution in [-0.4, -0.2) is 70.3 Å². The van der Waals surface area contributed by atoms with Crippen molar-refractivity contribution in [3.63, 3.8) is 0 Å². The van der Waals surface area contributed by atoms with E-state index in [1.54, 1.807) is 38.3 Å². The minimum absolute atomic E-state index is 0.0774. The van der Waals surface area contributed by atoms with Gasteiger partial charge in [0.1, 0.15) is 24.2 Å². The van der Waals surface area contributed by atoms with Crippen LogP contribution in [0.2, 0.25) is 0 Å². The zero-order valence-electron chi connectivity index (χ0n) is 20.0. The fourth-order valence-electron chi connectivity index (χ4n) is 3.34. The third kappa shape index (κ3) is 6.45. The van der Waals surface area contributed by atoms with Gasteiger partial charge in [-0.15, -0.1) is 0 Å². The van der Waals surface area contributed by atoms with Crippen LogP contribution in [-0.2, 0) is 26.3 Å². The van der Waals surface area contributed by atoms with Crippen LogP contribution in [0.4, 0.5) is 10.1 Å². The summed E-state index contributed by atoms with van der Waals surface area (Å²) < 4.78 is 46.5. The van der Waals surface area contributed by atoms with Crippen molar-refractivity contribution in [1.82, 2.24) is 14.5 Å². The Morgan fingerprint density at radius 2 is 1.65 bits per heavy atom. The average molecular weight is 495 g/mol. The van der Waals surface area contributed by atoms with Crippen molar-refractivity contribution in [3.05, 3.63) is 59.9 Å². The standard InChI is InChI=1S/C23H31FN4O5S/c1-6-21(23(30)25-2)27(15-17-7-13-20(33-5)14-8-17)22(29)16-28(34(31,32)26(3)4)19-11-9-18(24)10-12-19/h7-14,21H,6,15-16H2,1-5H3,(H,25,30). The van der Waals surface area contributed by atoms with Crippen LogP contribution in [0.1, 0.15) is 18.9 Å². The van der Waals surface area contributed by atoms with Crippen LogP contribution in [0, 0.1) is 5.82 Å². The van der Waals surface area contributed by atoms with E-state index in [1.165, 1.54) is 38.2 Å². The number of nitrogens with zero attached hydrogens (tertiary/aromatic N) is 3. The van der Waals surface area contributed by atoms with Crippen molar-refractivity contribution in [3.8, 4) is 5.75 Å². The zero-order valence-corrected chi connectivity index (χ0v) is 20.8. The molecule has 0 heterocycles. The molecule has 2 rings (SSSR count). The number of hydrogen-bond acceptors (Lipinski definition) is 5. The quantitative estimate of drug-likeness (QED) is 0.515. The number of rotatable bonds is 11. The van der Waals surface area contributed by atoms with E-state index in [0.29, 0.717) is 12.2 Å². The minimum atomic E-state index is -4.09. The van der Waals surface area contributed by atoms with Gasteiger partial charge in [0.25, 0.3) is 0 Å². The van der Waals surface area contributed by atoms with Crippen LogP contribution >= 0.6 is 0 Å². The highest BCUT2D eigenvalue weighted by atomic mass is 32.2. The first kappa shape index (κ1) is 27.1. The number of benzene rings is 2. The van der Waals surface area contributed by atoms with E-state index in [2.05, 4.69) is 5.32 Å². The van der Waals surface area contributed by atoms with Crippen molar-refractivity contribution in [2.45, 2.75) is 25.9 Å². The molecule has 0 fully saturated rings. The van der Waals surface area contributed by atoms with Gasteiger partial charge < -0.3 is 15.0 Å². The van der Waals surface area contributed by atoms with E-state index in [-0.39, 0.29) is 18.1 Å². The maximum Gasteiger partial charge on any atom is 0.304 e. The Morgan fingerprint density at radius 3 is 2.12 bits per heavy atom. The Kier molecular flexibility index (Phi) is 9.39. The largest absolute Gasteiger partial charge is 0.497 e. The molecule has 0 aliphatic heterocycles. The minimum Gasteiger partial charge on any atom is -0.497 e. The van der Waals surface area contributed by atoms with Crippen LogP contribution in [0.3, 0.4) is 0 Å². The first-order valence-corrected chi connectivity index (χ1v) is 12.0. The molecule has 9 nitrogen and oxygen atoms in total. The Hall–Kier alpha value is -3.18. The lowest BCUT2D eigenvalue weighted by Gasteiger charge is -2.33. The molecule has 0 radical (unpaired) electrons. The van der Waals surface area contributed by atoms with Crippen molar-refractivity contribution in [2.24, 2.45) is 0 Å². The molecule has 0 aromatic heterocycles. The van der Waals surface area contributed by atoms with Crippen molar-refractivity contribution in [1.29, 1.82) is 0 Å². The summed E-state index contributed by atoms with van der Waals surface area (Å²) in [5, 5.41) is 2.56. The Balaban J connectivity index is 2.46. The van der Waals surface area contributed by atoms with E-state index in [9.17, 15) is 22.4 Å². The Bertz CT molecular complexity index is 1080. The summed E-state index contributed by atoms with van der Waals surface area (Å²) in [4.78, 5) is 27.5. The molecule has 2 aromatic rings. The summed E-state index contributed by atoms with van der Waals surface area (Å²) in [6, 6.07) is 11.0. The van der Waals surface area contributed by atoms with Crippen LogP contribution < -0.4 is 14.4 Å². The van der Waals surface area contributed by atoms with Gasteiger partial charge in [-0.25, -0.2) is 8.70 Å². The molecule has 1 unspecified atom stereocenters. The number of carbonyl (C=O) groups excluding carboxylic acids is 2. The second kappa shape index (κ2) is 11.8. The summed E-state index contributed by atoms with van der Waals surface area (Å²) >= 11 is 0. The van der Waals surface area contributed by atoms with Gasteiger partial charge in [0.15, 0.2) is 0 Å². The van der Waals surface area contributed by atoms with E-state index in [4.69, 9.17) is 4.74 Å². The maximum atomic E-state index is 13.5.